The highest BCUT2D eigenvalue weighted by Gasteiger charge is 2.20. The lowest BCUT2D eigenvalue weighted by Crippen LogP contribution is -2.16. The lowest BCUT2D eigenvalue weighted by atomic mass is 10.2. The van der Waals surface area contributed by atoms with E-state index in [9.17, 15) is 22.4 Å². The molecule has 0 fully saturated rings. The Balaban J connectivity index is 1.44. The number of aryl methyl sites for hydroxylation is 1. The van der Waals surface area contributed by atoms with Gasteiger partial charge in [-0.3, -0.25) is 14.2 Å². The molecule has 0 atom stereocenters. The van der Waals surface area contributed by atoms with Crippen LogP contribution in [0.5, 0.6) is 0 Å². The van der Waals surface area contributed by atoms with Gasteiger partial charge in [-0.15, -0.1) is 0 Å². The Bertz CT molecular complexity index is 1330. The first kappa shape index (κ1) is 22.7. The number of halogens is 5. The third-order valence-corrected chi connectivity index (χ3v) is 6.00. The van der Waals surface area contributed by atoms with Crippen molar-refractivity contribution in [1.82, 2.24) is 29.3 Å². The predicted octanol–water partition coefficient (Wildman–Crippen LogP) is 4.02. The monoisotopic (exact) mass is 525 g/mol. The quantitative estimate of drug-likeness (QED) is 0.304. The highest BCUT2D eigenvalue weighted by Crippen LogP contribution is 2.21. The van der Waals surface area contributed by atoms with Crippen molar-refractivity contribution in [2.45, 2.75) is 27.1 Å². The fourth-order valence-corrected chi connectivity index (χ4v) is 3.42. The summed E-state index contributed by atoms with van der Waals surface area (Å²) in [5.74, 6) is -6.52. The van der Waals surface area contributed by atoms with Crippen molar-refractivity contribution in [3.05, 3.63) is 81.0 Å². The maximum absolute atomic E-state index is 13.9. The molecule has 0 aliphatic heterocycles. The van der Waals surface area contributed by atoms with Gasteiger partial charge in [-0.05, 0) is 35.8 Å². The van der Waals surface area contributed by atoms with Crippen molar-refractivity contribution < 1.29 is 22.4 Å². The van der Waals surface area contributed by atoms with E-state index in [1.807, 2.05) is 13.8 Å². The molecule has 0 radical (unpaired) electrons. The molecule has 1 N–H and O–H groups in total. The smallest absolute Gasteiger partial charge is 0.277 e. The molecule has 3 aromatic heterocycles. The van der Waals surface area contributed by atoms with Crippen LogP contribution in [0.3, 0.4) is 0 Å². The first-order valence-corrected chi connectivity index (χ1v) is 10.3. The summed E-state index contributed by atoms with van der Waals surface area (Å²) in [6.07, 6.45) is 2.92. The minimum absolute atomic E-state index is 0.0646. The molecule has 33 heavy (non-hydrogen) atoms. The van der Waals surface area contributed by atoms with Crippen molar-refractivity contribution in [2.24, 2.45) is 0 Å². The first-order valence-electron chi connectivity index (χ1n) is 9.53. The molecule has 4 rings (SSSR count). The Kier molecular flexibility index (Phi) is 6.06. The zero-order chi connectivity index (χ0) is 23.9. The van der Waals surface area contributed by atoms with E-state index in [4.69, 9.17) is 0 Å². The maximum Gasteiger partial charge on any atom is 0.277 e. The van der Waals surface area contributed by atoms with Gasteiger partial charge in [0, 0.05) is 24.5 Å². The number of amides is 1. The van der Waals surface area contributed by atoms with E-state index in [1.165, 1.54) is 23.0 Å². The molecule has 0 spiro atoms. The van der Waals surface area contributed by atoms with Gasteiger partial charge in [0.05, 0.1) is 28.0 Å². The standard InChI is InChI=1S/C20H16BrF4N7O/c1-10-17(21)11(2)32(27-10)9-31-5-3-15(28-31)20(33)26-16-4-6-30(29-16)8-12-18(24)13(22)7-14(23)19(12)25/h3-7H,8-9H2,1-2H3,(H,26,29,33). The van der Waals surface area contributed by atoms with Gasteiger partial charge >= 0.3 is 0 Å². The third-order valence-electron chi connectivity index (χ3n) is 4.85. The van der Waals surface area contributed by atoms with Gasteiger partial charge in [0.2, 0.25) is 0 Å². The van der Waals surface area contributed by atoms with E-state index in [2.05, 4.69) is 36.5 Å². The summed E-state index contributed by atoms with van der Waals surface area (Å²) < 4.78 is 59.7. The van der Waals surface area contributed by atoms with Gasteiger partial charge in [0.15, 0.2) is 34.8 Å². The van der Waals surface area contributed by atoms with E-state index < -0.39 is 41.3 Å². The number of anilines is 1. The van der Waals surface area contributed by atoms with E-state index in [0.29, 0.717) is 6.67 Å². The van der Waals surface area contributed by atoms with Crippen LogP contribution in [-0.4, -0.2) is 35.2 Å². The van der Waals surface area contributed by atoms with Crippen molar-refractivity contribution in [1.29, 1.82) is 0 Å². The summed E-state index contributed by atoms with van der Waals surface area (Å²) in [4.78, 5) is 12.5. The van der Waals surface area contributed by atoms with Crippen LogP contribution in [0.15, 0.2) is 35.1 Å². The second kappa shape index (κ2) is 8.81. The summed E-state index contributed by atoms with van der Waals surface area (Å²) in [6.45, 7) is 3.48. The maximum atomic E-state index is 13.9. The average molecular weight is 526 g/mol. The number of carbonyl (C=O) groups is 1. The number of hydrogen-bond donors (Lipinski definition) is 1. The van der Waals surface area contributed by atoms with Crippen LogP contribution in [0.2, 0.25) is 0 Å². The normalized spacial score (nSPS) is 11.2. The van der Waals surface area contributed by atoms with Crippen LogP contribution in [0.25, 0.3) is 0 Å². The Morgan fingerprint density at radius 2 is 1.67 bits per heavy atom. The summed E-state index contributed by atoms with van der Waals surface area (Å²) in [5.41, 5.74) is 1.02. The zero-order valence-corrected chi connectivity index (χ0v) is 18.9. The lowest BCUT2D eigenvalue weighted by Gasteiger charge is -2.07. The molecule has 0 saturated heterocycles. The highest BCUT2D eigenvalue weighted by molar-refractivity contribution is 9.10. The molecular formula is C20H16BrF4N7O. The van der Waals surface area contributed by atoms with Crippen LogP contribution in [-0.2, 0) is 13.2 Å². The topological polar surface area (TPSA) is 82.6 Å². The Morgan fingerprint density at radius 1 is 1.00 bits per heavy atom. The Morgan fingerprint density at radius 3 is 2.30 bits per heavy atom. The molecule has 0 bridgehead atoms. The minimum atomic E-state index is -1.51. The van der Waals surface area contributed by atoms with E-state index in [0.717, 1.165) is 20.5 Å². The number of nitrogens with one attached hydrogen (secondary N) is 1. The van der Waals surface area contributed by atoms with E-state index in [-0.39, 0.29) is 17.6 Å². The molecular weight excluding hydrogens is 510 g/mol. The molecule has 13 heteroatoms. The Hall–Kier alpha value is -3.48. The largest absolute Gasteiger partial charge is 0.304 e. The van der Waals surface area contributed by atoms with Gasteiger partial charge in [-0.2, -0.15) is 15.3 Å². The van der Waals surface area contributed by atoms with Gasteiger partial charge in [0.25, 0.3) is 5.91 Å². The number of rotatable bonds is 6. The second-order valence-corrected chi connectivity index (χ2v) is 7.96. The number of aromatic nitrogens is 6. The van der Waals surface area contributed by atoms with Crippen molar-refractivity contribution >= 4 is 27.7 Å². The van der Waals surface area contributed by atoms with E-state index in [1.54, 1.807) is 10.9 Å². The molecule has 8 nitrogen and oxygen atoms in total. The number of hydrogen-bond acceptors (Lipinski definition) is 4. The Labute approximate surface area is 192 Å². The van der Waals surface area contributed by atoms with Crippen LogP contribution < -0.4 is 5.32 Å². The molecule has 1 aromatic carbocycles. The van der Waals surface area contributed by atoms with Crippen molar-refractivity contribution in [3.63, 3.8) is 0 Å². The van der Waals surface area contributed by atoms with Crippen LogP contribution in [0.4, 0.5) is 23.4 Å². The van der Waals surface area contributed by atoms with Crippen molar-refractivity contribution in [3.8, 4) is 0 Å². The van der Waals surface area contributed by atoms with Crippen LogP contribution in [0.1, 0.15) is 27.4 Å². The summed E-state index contributed by atoms with van der Waals surface area (Å²) in [5, 5.41) is 15.1. The second-order valence-electron chi connectivity index (χ2n) is 7.17. The van der Waals surface area contributed by atoms with Gasteiger partial charge in [0.1, 0.15) is 6.67 Å². The minimum Gasteiger partial charge on any atom is -0.304 e. The number of nitrogens with zero attached hydrogens (tertiary/aromatic N) is 6. The summed E-state index contributed by atoms with van der Waals surface area (Å²) in [6, 6.07) is 3.01. The van der Waals surface area contributed by atoms with Gasteiger partial charge < -0.3 is 5.32 Å². The molecule has 0 saturated carbocycles. The van der Waals surface area contributed by atoms with Crippen molar-refractivity contribution in [2.75, 3.05) is 5.32 Å². The number of carbonyl (C=O) groups excluding carboxylic acids is 1. The molecule has 3 heterocycles. The third kappa shape index (κ3) is 4.53. The molecule has 4 aromatic rings. The first-order chi connectivity index (χ1) is 15.6. The number of benzene rings is 1. The summed E-state index contributed by atoms with van der Waals surface area (Å²) in [7, 11) is 0. The lowest BCUT2D eigenvalue weighted by molar-refractivity contribution is 0.102. The fraction of sp³-hybridized carbons (Fsp3) is 0.200. The summed E-state index contributed by atoms with van der Waals surface area (Å²) >= 11 is 3.45. The zero-order valence-electron chi connectivity index (χ0n) is 17.3. The average Bonchev–Trinajstić information content (AvgIpc) is 3.48. The SMILES string of the molecule is Cc1nn(Cn2ccc(C(=O)Nc3ccn(Cc4c(F)c(F)cc(F)c4F)n3)n2)c(C)c1Br. The molecule has 172 valence electrons. The fourth-order valence-electron chi connectivity index (χ4n) is 3.13. The predicted molar refractivity (Wildman–Crippen MR) is 113 cm³/mol. The van der Waals surface area contributed by atoms with Gasteiger partial charge in [-0.25, -0.2) is 22.2 Å². The molecule has 0 aliphatic rings. The van der Waals surface area contributed by atoms with Crippen LogP contribution >= 0.6 is 15.9 Å². The molecule has 0 unspecified atom stereocenters. The van der Waals surface area contributed by atoms with Gasteiger partial charge in [-0.1, -0.05) is 0 Å². The highest BCUT2D eigenvalue weighted by atomic mass is 79.9. The van der Waals surface area contributed by atoms with Crippen LogP contribution in [0, 0.1) is 37.1 Å². The molecule has 0 aliphatic carbocycles. The van der Waals surface area contributed by atoms with E-state index >= 15 is 0 Å². The molecule has 1 amide bonds.